The molecule has 2 aromatic heterocycles. The molecule has 1 unspecified atom stereocenters. The van der Waals surface area contributed by atoms with Crippen LogP contribution in [0.4, 0.5) is 16.4 Å². The van der Waals surface area contributed by atoms with Crippen LogP contribution >= 0.6 is 21.6 Å². The molecule has 2 saturated heterocycles. The lowest BCUT2D eigenvalue weighted by atomic mass is 9.82. The number of allylic oxidation sites excluding steroid dienone is 2. The number of piperazine rings is 1. The minimum absolute atomic E-state index is 0.00653. The summed E-state index contributed by atoms with van der Waals surface area (Å²) < 4.78 is 11.1. The maximum absolute atomic E-state index is 14.0. The van der Waals surface area contributed by atoms with Gasteiger partial charge in [-0.15, -0.1) is 0 Å². The number of nitrogens with two attached hydrogens (primary N) is 3. The maximum atomic E-state index is 14.0. The molecule has 5 heterocycles. The number of hydrogen-bond acceptors (Lipinski definition) is 23. The Morgan fingerprint density at radius 1 is 0.961 bits per heavy atom. The van der Waals surface area contributed by atoms with Gasteiger partial charge >= 0.3 is 18.0 Å². The minimum Gasteiger partial charge on any atom is -0.480 e. The Morgan fingerprint density at radius 3 is 2.37 bits per heavy atom. The number of carboxylic acids is 2. The second-order valence-electron chi connectivity index (χ2n) is 17.8. The third-order valence-electron chi connectivity index (χ3n) is 12.8. The fraction of sp³-hybridized carbons (Fsp3) is 0.444. The number of benzene rings is 1. The Bertz CT molecular complexity index is 2980. The molecule has 4 aliphatic rings. The summed E-state index contributed by atoms with van der Waals surface area (Å²) in [4.78, 5) is 143. The van der Waals surface area contributed by atoms with Gasteiger partial charge in [-0.25, -0.2) is 24.4 Å². The molecule has 3 aromatic rings. The number of hydrogen-bond donors (Lipinski definition) is 13. The first-order valence-electron chi connectivity index (χ1n) is 23.4. The van der Waals surface area contributed by atoms with E-state index < -0.39 is 95.4 Å². The van der Waals surface area contributed by atoms with Gasteiger partial charge in [0.1, 0.15) is 30.8 Å². The number of aromatic amines is 1. The van der Waals surface area contributed by atoms with Gasteiger partial charge in [0.2, 0.25) is 35.2 Å². The molecule has 406 valence electrons. The molecule has 8 atom stereocenters. The minimum atomic E-state index is -1.47. The molecule has 0 spiro atoms. The van der Waals surface area contributed by atoms with Crippen molar-refractivity contribution in [3.8, 4) is 0 Å². The van der Waals surface area contributed by atoms with Crippen molar-refractivity contribution in [1.29, 1.82) is 0 Å². The molecule has 0 saturated carbocycles. The summed E-state index contributed by atoms with van der Waals surface area (Å²) in [6.45, 7) is 2.88. The molecule has 7 rings (SSSR count). The number of amides is 5. The van der Waals surface area contributed by atoms with E-state index in [0.29, 0.717) is 23.7 Å². The Hall–Kier alpha value is -7.87. The number of nitrogens with zero attached hydrogens (tertiary/aromatic N) is 4. The van der Waals surface area contributed by atoms with Gasteiger partial charge in [0.15, 0.2) is 16.9 Å². The molecule has 16 N–H and O–H groups in total. The lowest BCUT2D eigenvalue weighted by Crippen LogP contribution is -2.55. The zero-order chi connectivity index (χ0) is 55.2. The maximum Gasteiger partial charge on any atom is 0.404 e. The zero-order valence-corrected chi connectivity index (χ0v) is 42.6. The molecule has 3 aliphatic heterocycles. The van der Waals surface area contributed by atoms with Gasteiger partial charge in [-0.1, -0.05) is 21.6 Å². The number of fused-ring (bicyclic) bond motifs is 5. The lowest BCUT2D eigenvalue weighted by Gasteiger charge is -2.39. The fourth-order valence-electron chi connectivity index (χ4n) is 8.92. The molecule has 0 bridgehead atoms. The highest BCUT2D eigenvalue weighted by Gasteiger charge is 2.72. The van der Waals surface area contributed by atoms with Crippen molar-refractivity contribution in [2.24, 2.45) is 17.4 Å². The number of Topliss-reactive ketones (excluding diaryl/α,β-unsaturated/α-hetero) is 2. The topological polar surface area (TPSA) is 460 Å². The summed E-state index contributed by atoms with van der Waals surface area (Å²) >= 11 is 0. The Labute approximate surface area is 438 Å². The highest BCUT2D eigenvalue weighted by atomic mass is 33.1. The van der Waals surface area contributed by atoms with E-state index in [1.165, 1.54) is 50.1 Å². The largest absolute Gasteiger partial charge is 0.480 e. The van der Waals surface area contributed by atoms with E-state index in [-0.39, 0.29) is 101 Å². The number of methoxy groups -OCH3 is 1. The van der Waals surface area contributed by atoms with Crippen LogP contribution in [0.5, 0.6) is 0 Å². The number of primary amides is 1. The number of nitrogens with one attached hydrogen (secondary N) is 8. The van der Waals surface area contributed by atoms with Crippen LogP contribution in [-0.4, -0.2) is 175 Å². The molecule has 31 heteroatoms. The normalized spacial score (nSPS) is 20.8. The second-order valence-corrected chi connectivity index (χ2v) is 20.4. The number of nitrogen functional groups attached to an aromatic ring is 1. The van der Waals surface area contributed by atoms with Crippen LogP contribution in [0.1, 0.15) is 42.7 Å². The number of anilines is 2. The van der Waals surface area contributed by atoms with E-state index in [0.717, 1.165) is 10.8 Å². The number of ether oxygens (including phenoxy) is 2. The van der Waals surface area contributed by atoms with Crippen LogP contribution in [-0.2, 0) is 49.6 Å². The summed E-state index contributed by atoms with van der Waals surface area (Å²) in [5.74, 6) is -7.40. The summed E-state index contributed by atoms with van der Waals surface area (Å²) in [7, 11) is 3.81. The second kappa shape index (κ2) is 23.8. The van der Waals surface area contributed by atoms with Crippen molar-refractivity contribution in [3.63, 3.8) is 0 Å². The molecular formula is C45H55N15O14S2. The van der Waals surface area contributed by atoms with Crippen molar-refractivity contribution in [1.82, 2.24) is 56.7 Å². The van der Waals surface area contributed by atoms with Gasteiger partial charge in [-0.3, -0.25) is 38.5 Å². The van der Waals surface area contributed by atoms with E-state index in [1.807, 2.05) is 0 Å². The van der Waals surface area contributed by atoms with Gasteiger partial charge in [0, 0.05) is 73.1 Å². The molecule has 5 amide bonds. The van der Waals surface area contributed by atoms with Crippen LogP contribution in [0.25, 0.3) is 11.2 Å². The van der Waals surface area contributed by atoms with Crippen LogP contribution in [0.3, 0.4) is 0 Å². The molecule has 0 radical (unpaired) electrons. The van der Waals surface area contributed by atoms with Crippen molar-refractivity contribution >= 4 is 97.6 Å². The third-order valence-corrected chi connectivity index (χ3v) is 15.2. The fourth-order valence-corrected chi connectivity index (χ4v) is 11.0. The van der Waals surface area contributed by atoms with E-state index in [1.54, 1.807) is 17.0 Å². The van der Waals surface area contributed by atoms with Crippen molar-refractivity contribution in [2.75, 3.05) is 55.9 Å². The van der Waals surface area contributed by atoms with E-state index >= 15 is 0 Å². The standard InChI is InChI=1S/C45H55N15O14S2/c1-18-30(34(63)29-23(16-74-44(48)72)45(73-3)35-26(55-35)15-60(45)32(29)33(18)62)49-10-11-75-76-17-27(42(70)71)57-37(64)19(2)53-39(66)24(46)14-51-28(61)9-8-25(41(68)69)56-38(65)20-4-6-21(7-5-20)50-12-22-13-52-36-31(54-22)40(67)59-43(47)58-36/h4-7,13,19,23-27,35,49-50,55H,8-12,14-17,46H2,1-3H3,(H2,48,72)(H,51,61)(H,53,66)(H,56,65)(H,57,64)(H,68,69)(H,70,71)(H3,47,52,58,59,67)/t19-,23-,24-,25-,26?,27-,35+,45-/m1/s1. The first kappa shape index (κ1) is 55.9. The van der Waals surface area contributed by atoms with Crippen LogP contribution in [0.15, 0.2) is 57.8 Å². The van der Waals surface area contributed by atoms with Crippen molar-refractivity contribution < 1.29 is 62.8 Å². The molecule has 1 aliphatic carbocycles. The first-order valence-corrected chi connectivity index (χ1v) is 25.9. The van der Waals surface area contributed by atoms with Crippen molar-refractivity contribution in [3.05, 3.63) is 74.6 Å². The number of aromatic nitrogens is 4. The first-order chi connectivity index (χ1) is 36.1. The quantitative estimate of drug-likeness (QED) is 0.0163. The van der Waals surface area contributed by atoms with E-state index in [9.17, 15) is 58.2 Å². The smallest absolute Gasteiger partial charge is 0.404 e. The predicted octanol–water partition coefficient (Wildman–Crippen LogP) is -3.24. The molecule has 2 fully saturated rings. The SMILES string of the molecule is CO[C@@]12[C@H](COC(N)=O)C3=C(C(=O)C(C)=C(NCCSSC[C@@H](NC(=O)[C@@H](C)NC(=O)[C@H](N)CNC(=O)CC[C@@H](NC(=O)c4ccc(NCc5cnc6nc(N)[nH]c(=O)c6n5)cc4)C(=O)O)C(=O)O)C3=O)N1CC1N[C@@H]12. The Kier molecular flexibility index (Phi) is 17.5. The summed E-state index contributed by atoms with van der Waals surface area (Å²) in [6, 6.07) is 0.344. The van der Waals surface area contributed by atoms with Gasteiger partial charge in [0.05, 0.1) is 41.8 Å². The highest BCUT2D eigenvalue weighted by Crippen LogP contribution is 2.55. The van der Waals surface area contributed by atoms with E-state index in [4.69, 9.17) is 26.7 Å². The summed E-state index contributed by atoms with van der Waals surface area (Å²) in [6.07, 6.45) is -0.331. The van der Waals surface area contributed by atoms with Gasteiger partial charge < -0.3 is 79.0 Å². The Morgan fingerprint density at radius 2 is 1.68 bits per heavy atom. The zero-order valence-electron chi connectivity index (χ0n) is 40.9. The average molecular weight is 1090 g/mol. The Balaban J connectivity index is 0.787. The van der Waals surface area contributed by atoms with E-state index in [2.05, 4.69) is 57.2 Å². The highest BCUT2D eigenvalue weighted by molar-refractivity contribution is 8.76. The number of carbonyl (C=O) groups excluding carboxylic acids is 7. The van der Waals surface area contributed by atoms with Crippen LogP contribution < -0.4 is 60.0 Å². The van der Waals surface area contributed by atoms with Crippen LogP contribution in [0, 0.1) is 5.92 Å². The van der Waals surface area contributed by atoms with Crippen LogP contribution in [0.2, 0.25) is 0 Å². The number of ketones is 2. The molecular weight excluding hydrogens is 1040 g/mol. The number of H-pyrrole nitrogens is 1. The monoisotopic (exact) mass is 1090 g/mol. The lowest BCUT2D eigenvalue weighted by molar-refractivity contribution is -0.141. The summed E-state index contributed by atoms with van der Waals surface area (Å²) in [5, 5.41) is 38.5. The number of aliphatic carboxylic acids is 2. The van der Waals surface area contributed by atoms with Crippen molar-refractivity contribution in [2.45, 2.75) is 75.2 Å². The molecule has 1 aromatic carbocycles. The predicted molar refractivity (Wildman–Crippen MR) is 271 cm³/mol. The number of carbonyl (C=O) groups is 9. The number of carboxylic acid groups (broad SMARTS) is 2. The summed E-state index contributed by atoms with van der Waals surface area (Å²) in [5.41, 5.74) is 16.9. The third kappa shape index (κ3) is 12.3. The van der Waals surface area contributed by atoms with Gasteiger partial charge in [-0.2, -0.15) is 4.98 Å². The molecule has 29 nitrogen and oxygen atoms in total. The van der Waals surface area contributed by atoms with Gasteiger partial charge in [-0.05, 0) is 44.5 Å². The molecule has 76 heavy (non-hydrogen) atoms. The average Bonchev–Trinajstić information content (AvgIpc) is 4.08. The van der Waals surface area contributed by atoms with Gasteiger partial charge in [0.25, 0.3) is 11.5 Å². The number of rotatable bonds is 26.